The van der Waals surface area contributed by atoms with Crippen molar-refractivity contribution in [2.24, 2.45) is 0 Å². The van der Waals surface area contributed by atoms with E-state index in [1.165, 1.54) is 11.1 Å². The van der Waals surface area contributed by atoms with Crippen LogP contribution in [-0.2, 0) is 0 Å². The first-order valence-corrected chi connectivity index (χ1v) is 5.42. The first-order valence-electron chi connectivity index (χ1n) is 5.05. The molecule has 1 nitrogen and oxygen atoms in total. The lowest BCUT2D eigenvalue weighted by Gasteiger charge is -2.11. The van der Waals surface area contributed by atoms with Gasteiger partial charge in [-0.05, 0) is 44.4 Å². The summed E-state index contributed by atoms with van der Waals surface area (Å²) in [5.41, 5.74) is 5.50. The normalized spacial score (nSPS) is 11.0. The maximum absolute atomic E-state index is 6.37. The Kier molecular flexibility index (Phi) is 2.43. The third-order valence-electron chi connectivity index (χ3n) is 2.96. The molecule has 0 spiro atoms. The number of hydrogen-bond donors (Lipinski definition) is 0. The van der Waals surface area contributed by atoms with Gasteiger partial charge in [-0.3, -0.25) is 4.98 Å². The minimum Gasteiger partial charge on any atom is -0.252 e. The molecular formula is C13H14ClN. The molecule has 1 aromatic carbocycles. The first kappa shape index (κ1) is 10.4. The van der Waals surface area contributed by atoms with Crippen molar-refractivity contribution in [2.45, 2.75) is 27.7 Å². The molecule has 0 amide bonds. The van der Waals surface area contributed by atoms with Gasteiger partial charge in [-0.2, -0.15) is 0 Å². The molecule has 0 aliphatic rings. The molecule has 0 fully saturated rings. The lowest BCUT2D eigenvalue weighted by atomic mass is 10.0. The van der Waals surface area contributed by atoms with E-state index < -0.39 is 0 Å². The molecule has 2 rings (SSSR count). The highest BCUT2D eigenvalue weighted by Gasteiger charge is 2.10. The Bertz CT molecular complexity index is 544. The zero-order chi connectivity index (χ0) is 11.2. The van der Waals surface area contributed by atoms with Crippen LogP contribution in [0.15, 0.2) is 12.1 Å². The van der Waals surface area contributed by atoms with Crippen molar-refractivity contribution in [3.05, 3.63) is 39.5 Å². The van der Waals surface area contributed by atoms with Gasteiger partial charge in [-0.15, -0.1) is 0 Å². The largest absolute Gasteiger partial charge is 0.252 e. The second-order valence-corrected chi connectivity index (χ2v) is 4.44. The van der Waals surface area contributed by atoms with E-state index in [0.717, 1.165) is 27.2 Å². The highest BCUT2D eigenvalue weighted by Crippen LogP contribution is 2.31. The zero-order valence-electron chi connectivity index (χ0n) is 9.48. The van der Waals surface area contributed by atoms with Crippen LogP contribution in [0.1, 0.15) is 22.4 Å². The van der Waals surface area contributed by atoms with Gasteiger partial charge in [0.2, 0.25) is 0 Å². The second kappa shape index (κ2) is 3.49. The smallest absolute Gasteiger partial charge is 0.0752 e. The molecule has 0 saturated heterocycles. The molecule has 0 atom stereocenters. The second-order valence-electron chi connectivity index (χ2n) is 4.06. The van der Waals surface area contributed by atoms with Gasteiger partial charge in [0.1, 0.15) is 0 Å². The van der Waals surface area contributed by atoms with E-state index in [1.807, 2.05) is 13.8 Å². The Morgan fingerprint density at radius 2 is 1.60 bits per heavy atom. The summed E-state index contributed by atoms with van der Waals surface area (Å²) in [5.74, 6) is 0. The summed E-state index contributed by atoms with van der Waals surface area (Å²) in [7, 11) is 0. The number of pyridine rings is 1. The quantitative estimate of drug-likeness (QED) is 0.650. The van der Waals surface area contributed by atoms with Crippen LogP contribution in [0.3, 0.4) is 0 Å². The standard InChI is InChI=1S/C13H14ClN/c1-7-5-6-8(2)13-11(7)12(14)9(3)10(4)15-13/h5-6H,1-4H3. The predicted octanol–water partition coefficient (Wildman–Crippen LogP) is 4.12. The summed E-state index contributed by atoms with van der Waals surface area (Å²) in [6, 6.07) is 4.19. The van der Waals surface area contributed by atoms with Crippen molar-refractivity contribution in [3.63, 3.8) is 0 Å². The molecule has 2 aromatic rings. The number of benzene rings is 1. The number of hydrogen-bond acceptors (Lipinski definition) is 1. The number of fused-ring (bicyclic) bond motifs is 1. The Labute approximate surface area is 95.1 Å². The van der Waals surface area contributed by atoms with Crippen LogP contribution in [0, 0.1) is 27.7 Å². The number of aromatic nitrogens is 1. The van der Waals surface area contributed by atoms with Crippen LogP contribution in [0.4, 0.5) is 0 Å². The van der Waals surface area contributed by atoms with E-state index in [9.17, 15) is 0 Å². The van der Waals surface area contributed by atoms with Crippen LogP contribution in [-0.4, -0.2) is 4.98 Å². The summed E-state index contributed by atoms with van der Waals surface area (Å²) in [5, 5.41) is 1.94. The van der Waals surface area contributed by atoms with Gasteiger partial charge in [0, 0.05) is 11.1 Å². The number of nitrogens with zero attached hydrogens (tertiary/aromatic N) is 1. The van der Waals surface area contributed by atoms with Crippen LogP contribution < -0.4 is 0 Å². The van der Waals surface area contributed by atoms with E-state index in [4.69, 9.17) is 11.6 Å². The van der Waals surface area contributed by atoms with Crippen LogP contribution in [0.25, 0.3) is 10.9 Å². The molecule has 0 N–H and O–H groups in total. The Hall–Kier alpha value is -1.08. The van der Waals surface area contributed by atoms with Gasteiger partial charge in [-0.1, -0.05) is 23.7 Å². The Morgan fingerprint density at radius 3 is 2.27 bits per heavy atom. The van der Waals surface area contributed by atoms with Crippen molar-refractivity contribution >= 4 is 22.5 Å². The Balaban J connectivity index is 3.04. The minimum absolute atomic E-state index is 0.846. The molecule has 0 radical (unpaired) electrons. The summed E-state index contributed by atoms with van der Waals surface area (Å²) in [6.07, 6.45) is 0. The molecule has 0 aliphatic heterocycles. The van der Waals surface area contributed by atoms with Crippen LogP contribution in [0.5, 0.6) is 0 Å². The fourth-order valence-electron chi connectivity index (χ4n) is 1.82. The average molecular weight is 220 g/mol. The summed E-state index contributed by atoms with van der Waals surface area (Å²) >= 11 is 6.37. The molecule has 15 heavy (non-hydrogen) atoms. The molecular weight excluding hydrogens is 206 g/mol. The number of aryl methyl sites for hydroxylation is 3. The van der Waals surface area contributed by atoms with E-state index in [0.29, 0.717) is 0 Å². The summed E-state index contributed by atoms with van der Waals surface area (Å²) in [4.78, 5) is 4.61. The van der Waals surface area contributed by atoms with Crippen molar-refractivity contribution in [1.29, 1.82) is 0 Å². The van der Waals surface area contributed by atoms with Gasteiger partial charge in [0.15, 0.2) is 0 Å². The van der Waals surface area contributed by atoms with E-state index >= 15 is 0 Å². The fraction of sp³-hybridized carbons (Fsp3) is 0.308. The van der Waals surface area contributed by atoms with Crippen LogP contribution in [0.2, 0.25) is 5.02 Å². The van der Waals surface area contributed by atoms with Crippen molar-refractivity contribution in [3.8, 4) is 0 Å². The Morgan fingerprint density at radius 1 is 1.00 bits per heavy atom. The molecule has 2 heteroatoms. The van der Waals surface area contributed by atoms with Crippen molar-refractivity contribution in [1.82, 2.24) is 4.98 Å². The zero-order valence-corrected chi connectivity index (χ0v) is 10.2. The molecule has 1 heterocycles. The van der Waals surface area contributed by atoms with E-state index in [2.05, 4.69) is 31.0 Å². The average Bonchev–Trinajstić information content (AvgIpc) is 2.20. The van der Waals surface area contributed by atoms with Gasteiger partial charge >= 0.3 is 0 Å². The maximum Gasteiger partial charge on any atom is 0.0752 e. The SMILES string of the molecule is Cc1nc2c(C)ccc(C)c2c(Cl)c1C. The third kappa shape index (κ3) is 1.51. The van der Waals surface area contributed by atoms with Crippen molar-refractivity contribution < 1.29 is 0 Å². The first-order chi connectivity index (χ1) is 7.02. The summed E-state index contributed by atoms with van der Waals surface area (Å²) < 4.78 is 0. The number of rotatable bonds is 0. The minimum atomic E-state index is 0.846. The van der Waals surface area contributed by atoms with Gasteiger partial charge < -0.3 is 0 Å². The lowest BCUT2D eigenvalue weighted by Crippen LogP contribution is -1.94. The maximum atomic E-state index is 6.37. The fourth-order valence-corrected chi connectivity index (χ4v) is 2.19. The molecule has 0 unspecified atom stereocenters. The third-order valence-corrected chi connectivity index (χ3v) is 3.43. The summed E-state index contributed by atoms with van der Waals surface area (Å²) in [6.45, 7) is 8.16. The highest BCUT2D eigenvalue weighted by molar-refractivity contribution is 6.36. The van der Waals surface area contributed by atoms with Crippen molar-refractivity contribution in [2.75, 3.05) is 0 Å². The highest BCUT2D eigenvalue weighted by atomic mass is 35.5. The predicted molar refractivity (Wildman–Crippen MR) is 65.7 cm³/mol. The lowest BCUT2D eigenvalue weighted by molar-refractivity contribution is 1.18. The van der Waals surface area contributed by atoms with E-state index in [-0.39, 0.29) is 0 Å². The molecule has 0 aliphatic carbocycles. The molecule has 0 bridgehead atoms. The molecule has 78 valence electrons. The topological polar surface area (TPSA) is 12.9 Å². The number of halogens is 1. The van der Waals surface area contributed by atoms with E-state index in [1.54, 1.807) is 0 Å². The van der Waals surface area contributed by atoms with Crippen LogP contribution >= 0.6 is 11.6 Å². The molecule has 0 saturated carbocycles. The molecule has 1 aromatic heterocycles. The van der Waals surface area contributed by atoms with Gasteiger partial charge in [0.05, 0.1) is 10.5 Å². The van der Waals surface area contributed by atoms with Gasteiger partial charge in [-0.25, -0.2) is 0 Å². The van der Waals surface area contributed by atoms with Gasteiger partial charge in [0.25, 0.3) is 0 Å². The monoisotopic (exact) mass is 219 g/mol.